The van der Waals surface area contributed by atoms with E-state index in [1.165, 1.54) is 28.8 Å². The Morgan fingerprint density at radius 2 is 1.97 bits per heavy atom. The summed E-state index contributed by atoms with van der Waals surface area (Å²) in [6.07, 6.45) is 3.63. The van der Waals surface area contributed by atoms with Gasteiger partial charge in [0.15, 0.2) is 0 Å². The molecule has 2 N–H and O–H groups in total. The first-order chi connectivity index (χ1) is 14.7. The predicted octanol–water partition coefficient (Wildman–Crippen LogP) is 6.34. The van der Waals surface area contributed by atoms with Gasteiger partial charge in [-0.1, -0.05) is 25.1 Å². The number of aromatic nitrogens is 3. The molecule has 4 aromatic rings. The Hall–Kier alpha value is -2.51. The summed E-state index contributed by atoms with van der Waals surface area (Å²) in [5, 5.41) is 10.2. The highest BCUT2D eigenvalue weighted by Crippen LogP contribution is 2.37. The van der Waals surface area contributed by atoms with Crippen LogP contribution in [0.3, 0.4) is 0 Å². The van der Waals surface area contributed by atoms with Crippen molar-refractivity contribution < 1.29 is 0 Å². The topological polar surface area (TPSA) is 62.7 Å². The minimum absolute atomic E-state index is 0.451. The van der Waals surface area contributed by atoms with Crippen molar-refractivity contribution in [1.29, 1.82) is 0 Å². The Bertz CT molecular complexity index is 1120. The molecule has 2 atom stereocenters. The number of hydrogen-bond acceptors (Lipinski definition) is 7. The first-order valence-electron chi connectivity index (χ1n) is 10.4. The second-order valence-corrected chi connectivity index (χ2v) is 10.1. The lowest BCUT2D eigenvalue weighted by Crippen LogP contribution is -2.18. The van der Waals surface area contributed by atoms with Crippen molar-refractivity contribution in [2.75, 3.05) is 10.6 Å². The largest absolute Gasteiger partial charge is 0.367 e. The van der Waals surface area contributed by atoms with Gasteiger partial charge >= 0.3 is 0 Å². The molecule has 1 aliphatic carbocycles. The van der Waals surface area contributed by atoms with Crippen LogP contribution in [0.25, 0.3) is 20.8 Å². The van der Waals surface area contributed by atoms with Gasteiger partial charge in [-0.25, -0.2) is 9.97 Å². The van der Waals surface area contributed by atoms with Crippen molar-refractivity contribution in [3.63, 3.8) is 0 Å². The first-order valence-corrected chi connectivity index (χ1v) is 12.1. The van der Waals surface area contributed by atoms with E-state index in [9.17, 15) is 0 Å². The number of fused-ring (bicyclic) bond motifs is 1. The molecular formula is C23H25N5S2. The van der Waals surface area contributed by atoms with E-state index in [-0.39, 0.29) is 0 Å². The van der Waals surface area contributed by atoms with E-state index in [1.54, 1.807) is 22.7 Å². The highest BCUT2D eigenvalue weighted by atomic mass is 32.1. The number of nitrogens with one attached hydrogen (secondary N) is 2. The quantitative estimate of drug-likeness (QED) is 0.370. The summed E-state index contributed by atoms with van der Waals surface area (Å²) < 4.78 is 1.19. The van der Waals surface area contributed by atoms with Crippen molar-refractivity contribution in [3.8, 4) is 10.6 Å². The van der Waals surface area contributed by atoms with Gasteiger partial charge in [0.2, 0.25) is 5.95 Å². The fraction of sp³-hybridized carbons (Fsp3) is 0.348. The number of anilines is 2. The number of rotatable bonds is 6. The second kappa shape index (κ2) is 8.32. The molecule has 0 spiro atoms. The molecule has 5 rings (SSSR count). The Morgan fingerprint density at radius 1 is 1.07 bits per heavy atom. The summed E-state index contributed by atoms with van der Waals surface area (Å²) >= 11 is 3.44. The monoisotopic (exact) mass is 435 g/mol. The average Bonchev–Trinajstić information content (AvgIpc) is 3.47. The van der Waals surface area contributed by atoms with Gasteiger partial charge in [0, 0.05) is 10.9 Å². The molecule has 1 saturated carbocycles. The minimum Gasteiger partial charge on any atom is -0.367 e. The first kappa shape index (κ1) is 19.5. The Balaban J connectivity index is 1.51. The number of nitrogens with zero attached hydrogens (tertiary/aromatic N) is 3. The van der Waals surface area contributed by atoms with Gasteiger partial charge in [-0.15, -0.1) is 22.7 Å². The molecule has 7 heteroatoms. The number of thiazole rings is 1. The van der Waals surface area contributed by atoms with Crippen LogP contribution in [0.4, 0.5) is 11.8 Å². The second-order valence-electron chi connectivity index (χ2n) is 8.04. The normalized spacial score (nSPS) is 18.7. The summed E-state index contributed by atoms with van der Waals surface area (Å²) in [5.41, 5.74) is 3.00. The van der Waals surface area contributed by atoms with Gasteiger partial charge in [0.25, 0.3) is 0 Å². The number of aryl methyl sites for hydroxylation is 1. The van der Waals surface area contributed by atoms with Gasteiger partial charge in [0.05, 0.1) is 28.0 Å². The molecule has 154 valence electrons. The molecule has 0 saturated heterocycles. The highest BCUT2D eigenvalue weighted by Gasteiger charge is 2.25. The zero-order chi connectivity index (χ0) is 20.5. The average molecular weight is 436 g/mol. The van der Waals surface area contributed by atoms with E-state index in [0.29, 0.717) is 12.0 Å². The molecule has 3 heterocycles. The molecular weight excluding hydrogens is 410 g/mol. The maximum atomic E-state index is 4.91. The van der Waals surface area contributed by atoms with Crippen LogP contribution in [0.15, 0.2) is 41.8 Å². The van der Waals surface area contributed by atoms with Crippen LogP contribution in [0.1, 0.15) is 36.8 Å². The Kier molecular flexibility index (Phi) is 5.39. The van der Waals surface area contributed by atoms with E-state index in [0.717, 1.165) is 40.1 Å². The molecule has 30 heavy (non-hydrogen) atoms. The van der Waals surface area contributed by atoms with E-state index >= 15 is 0 Å². The van der Waals surface area contributed by atoms with Crippen molar-refractivity contribution in [2.24, 2.45) is 5.92 Å². The molecule has 0 radical (unpaired) electrons. The molecule has 0 aliphatic heterocycles. The third-order valence-corrected chi connectivity index (χ3v) is 7.56. The zero-order valence-corrected chi connectivity index (χ0v) is 18.8. The summed E-state index contributed by atoms with van der Waals surface area (Å²) in [6.45, 7) is 5.12. The van der Waals surface area contributed by atoms with Gasteiger partial charge in [-0.3, -0.25) is 0 Å². The van der Waals surface area contributed by atoms with Gasteiger partial charge in [-0.2, -0.15) is 4.98 Å². The maximum Gasteiger partial charge on any atom is 0.225 e. The highest BCUT2D eigenvalue weighted by molar-refractivity contribution is 7.21. The lowest BCUT2D eigenvalue weighted by atomic mass is 10.1. The third-order valence-electron chi connectivity index (χ3n) is 5.63. The third kappa shape index (κ3) is 4.04. The molecule has 5 nitrogen and oxygen atoms in total. The lowest BCUT2D eigenvalue weighted by Gasteiger charge is -2.18. The summed E-state index contributed by atoms with van der Waals surface area (Å²) in [5.74, 6) is 2.32. The SMILES string of the molecule is Cc1nc(NCc2cccs2)nc(N[C@H]2CC[C@@H](C)C2)c1-c1nc2ccccc2s1. The number of benzene rings is 1. The molecule has 3 aromatic heterocycles. The molecule has 1 aliphatic rings. The van der Waals surface area contributed by atoms with Crippen LogP contribution in [0.2, 0.25) is 0 Å². The van der Waals surface area contributed by atoms with Gasteiger partial charge in [-0.05, 0) is 55.7 Å². The van der Waals surface area contributed by atoms with Crippen molar-refractivity contribution in [1.82, 2.24) is 15.0 Å². The zero-order valence-electron chi connectivity index (χ0n) is 17.2. The van der Waals surface area contributed by atoms with Crippen molar-refractivity contribution in [3.05, 3.63) is 52.3 Å². The Morgan fingerprint density at radius 3 is 2.73 bits per heavy atom. The van der Waals surface area contributed by atoms with Crippen molar-refractivity contribution in [2.45, 2.75) is 45.7 Å². The van der Waals surface area contributed by atoms with E-state index in [2.05, 4.69) is 60.2 Å². The minimum atomic E-state index is 0.451. The smallest absolute Gasteiger partial charge is 0.225 e. The van der Waals surface area contributed by atoms with Crippen LogP contribution in [0, 0.1) is 12.8 Å². The van der Waals surface area contributed by atoms with Crippen LogP contribution < -0.4 is 10.6 Å². The molecule has 1 fully saturated rings. The van der Waals surface area contributed by atoms with Crippen LogP contribution in [0.5, 0.6) is 0 Å². The van der Waals surface area contributed by atoms with E-state index < -0.39 is 0 Å². The van der Waals surface area contributed by atoms with Gasteiger partial charge in [0.1, 0.15) is 10.8 Å². The van der Waals surface area contributed by atoms with Gasteiger partial charge < -0.3 is 10.6 Å². The number of thiophene rings is 1. The van der Waals surface area contributed by atoms with Crippen LogP contribution >= 0.6 is 22.7 Å². The van der Waals surface area contributed by atoms with Crippen LogP contribution in [-0.4, -0.2) is 21.0 Å². The van der Waals surface area contributed by atoms with Crippen LogP contribution in [-0.2, 0) is 6.54 Å². The molecule has 0 amide bonds. The van der Waals surface area contributed by atoms with E-state index in [4.69, 9.17) is 15.0 Å². The predicted molar refractivity (Wildman–Crippen MR) is 127 cm³/mol. The summed E-state index contributed by atoms with van der Waals surface area (Å²) in [7, 11) is 0. The Labute approximate surface area is 184 Å². The summed E-state index contributed by atoms with van der Waals surface area (Å²) in [4.78, 5) is 15.8. The van der Waals surface area contributed by atoms with E-state index in [1.807, 2.05) is 6.07 Å². The standard InChI is InChI=1S/C23H25N5S2/c1-14-9-10-16(12-14)26-21-20(22-27-18-7-3-4-8-19(18)30-22)15(2)25-23(28-21)24-13-17-6-5-11-29-17/h3-8,11,14,16H,9-10,12-13H2,1-2H3,(H2,24,25,26,28)/t14-,16+/m1/s1. The molecule has 0 bridgehead atoms. The fourth-order valence-corrected chi connectivity index (χ4v) is 5.81. The molecule has 1 aromatic carbocycles. The molecule has 0 unspecified atom stereocenters. The summed E-state index contributed by atoms with van der Waals surface area (Å²) in [6, 6.07) is 12.9. The number of hydrogen-bond donors (Lipinski definition) is 2. The maximum absolute atomic E-state index is 4.91. The lowest BCUT2D eigenvalue weighted by molar-refractivity contribution is 0.602. The fourth-order valence-electron chi connectivity index (χ4n) is 4.10. The number of para-hydroxylation sites is 1. The van der Waals surface area contributed by atoms with Crippen molar-refractivity contribution >= 4 is 44.7 Å².